The number of hydrogen-bond acceptors (Lipinski definition) is 2. The van der Waals surface area contributed by atoms with E-state index in [9.17, 15) is 0 Å². The van der Waals surface area contributed by atoms with Gasteiger partial charge in [-0.3, -0.25) is 5.32 Å². The molecule has 0 aromatic heterocycles. The Morgan fingerprint density at radius 1 is 1.14 bits per heavy atom. The van der Waals surface area contributed by atoms with E-state index in [4.69, 9.17) is 23.2 Å². The first-order valence-corrected chi connectivity index (χ1v) is 5.47. The zero-order chi connectivity index (χ0) is 9.97. The van der Waals surface area contributed by atoms with Crippen molar-refractivity contribution in [2.24, 2.45) is 0 Å². The summed E-state index contributed by atoms with van der Waals surface area (Å²) >= 11 is 12.1. The van der Waals surface area contributed by atoms with Crippen LogP contribution in [0.5, 0.6) is 0 Å². The molecule has 1 heterocycles. The molecule has 2 nitrogen and oxygen atoms in total. The summed E-state index contributed by atoms with van der Waals surface area (Å²) in [5.41, 5.74) is 0.940. The third-order valence-corrected chi connectivity index (χ3v) is 2.97. The molecule has 1 aromatic rings. The van der Waals surface area contributed by atoms with Crippen LogP contribution in [0.4, 0.5) is 0 Å². The van der Waals surface area contributed by atoms with Crippen molar-refractivity contribution in [3.63, 3.8) is 0 Å². The molecule has 0 bridgehead atoms. The SMILES string of the molecule is ClC1CNC(c2ccccc2)C(Cl)N1. The highest BCUT2D eigenvalue weighted by Crippen LogP contribution is 2.22. The third kappa shape index (κ3) is 2.20. The summed E-state index contributed by atoms with van der Waals surface area (Å²) in [6.45, 7) is 0.727. The maximum absolute atomic E-state index is 6.15. The molecule has 1 fully saturated rings. The van der Waals surface area contributed by atoms with Gasteiger partial charge in [-0.15, -0.1) is 23.2 Å². The van der Waals surface area contributed by atoms with Crippen LogP contribution < -0.4 is 10.6 Å². The number of piperazine rings is 1. The summed E-state index contributed by atoms with van der Waals surface area (Å²) in [4.78, 5) is 0. The number of nitrogens with one attached hydrogen (secondary N) is 2. The van der Waals surface area contributed by atoms with Crippen LogP contribution in [0.2, 0.25) is 0 Å². The number of rotatable bonds is 1. The predicted molar refractivity (Wildman–Crippen MR) is 59.6 cm³/mol. The van der Waals surface area contributed by atoms with E-state index in [2.05, 4.69) is 22.8 Å². The van der Waals surface area contributed by atoms with Crippen molar-refractivity contribution in [2.45, 2.75) is 17.0 Å². The van der Waals surface area contributed by atoms with Crippen LogP contribution in [0, 0.1) is 0 Å². The van der Waals surface area contributed by atoms with E-state index in [-0.39, 0.29) is 17.0 Å². The highest BCUT2D eigenvalue weighted by Gasteiger charge is 2.27. The van der Waals surface area contributed by atoms with Gasteiger partial charge < -0.3 is 5.32 Å². The minimum absolute atomic E-state index is 0.0857. The largest absolute Gasteiger partial charge is 0.305 e. The van der Waals surface area contributed by atoms with Crippen LogP contribution in [0.3, 0.4) is 0 Å². The second kappa shape index (κ2) is 4.49. The third-order valence-electron chi connectivity index (χ3n) is 2.31. The lowest BCUT2D eigenvalue weighted by Crippen LogP contribution is -2.51. The minimum Gasteiger partial charge on any atom is -0.305 e. The maximum Gasteiger partial charge on any atom is 0.103 e. The van der Waals surface area contributed by atoms with E-state index in [1.165, 1.54) is 5.56 Å². The smallest absolute Gasteiger partial charge is 0.103 e. The topological polar surface area (TPSA) is 24.1 Å². The van der Waals surface area contributed by atoms with Crippen LogP contribution >= 0.6 is 23.2 Å². The van der Waals surface area contributed by atoms with Gasteiger partial charge in [0.15, 0.2) is 0 Å². The van der Waals surface area contributed by atoms with Crippen molar-refractivity contribution in [1.82, 2.24) is 10.6 Å². The Morgan fingerprint density at radius 2 is 1.86 bits per heavy atom. The van der Waals surface area contributed by atoms with Crippen molar-refractivity contribution >= 4 is 23.2 Å². The normalized spacial score (nSPS) is 32.9. The van der Waals surface area contributed by atoms with E-state index < -0.39 is 0 Å². The fraction of sp³-hybridized carbons (Fsp3) is 0.400. The van der Waals surface area contributed by atoms with E-state index in [0.717, 1.165) is 6.54 Å². The van der Waals surface area contributed by atoms with Gasteiger partial charge in [-0.2, -0.15) is 0 Å². The molecule has 4 heteroatoms. The van der Waals surface area contributed by atoms with E-state index >= 15 is 0 Å². The van der Waals surface area contributed by atoms with E-state index in [1.54, 1.807) is 0 Å². The molecule has 0 spiro atoms. The molecule has 2 N–H and O–H groups in total. The van der Waals surface area contributed by atoms with Crippen molar-refractivity contribution in [2.75, 3.05) is 6.54 Å². The van der Waals surface area contributed by atoms with Gasteiger partial charge in [0, 0.05) is 6.54 Å². The number of benzene rings is 1. The molecule has 1 aliphatic rings. The van der Waals surface area contributed by atoms with Gasteiger partial charge >= 0.3 is 0 Å². The lowest BCUT2D eigenvalue weighted by Gasteiger charge is -2.32. The molecule has 76 valence electrons. The van der Waals surface area contributed by atoms with Crippen molar-refractivity contribution in [3.8, 4) is 0 Å². The Bertz CT molecular complexity index is 291. The molecular weight excluding hydrogens is 219 g/mol. The van der Waals surface area contributed by atoms with E-state index in [0.29, 0.717) is 0 Å². The molecule has 14 heavy (non-hydrogen) atoms. The van der Waals surface area contributed by atoms with Crippen LogP contribution in [0.25, 0.3) is 0 Å². The summed E-state index contributed by atoms with van der Waals surface area (Å²) in [5.74, 6) is 0. The first kappa shape index (κ1) is 10.2. The monoisotopic (exact) mass is 230 g/mol. The van der Waals surface area contributed by atoms with Crippen LogP contribution in [0.15, 0.2) is 30.3 Å². The lowest BCUT2D eigenvalue weighted by molar-refractivity contribution is 0.377. The van der Waals surface area contributed by atoms with Gasteiger partial charge in [0.1, 0.15) is 5.50 Å². The van der Waals surface area contributed by atoms with Crippen LogP contribution in [0.1, 0.15) is 11.6 Å². The quantitative estimate of drug-likeness (QED) is 0.571. The lowest BCUT2D eigenvalue weighted by atomic mass is 10.1. The van der Waals surface area contributed by atoms with Crippen LogP contribution in [-0.2, 0) is 0 Å². The molecule has 0 radical (unpaired) electrons. The molecule has 1 aromatic carbocycles. The molecule has 0 saturated carbocycles. The highest BCUT2D eigenvalue weighted by atomic mass is 35.5. The Balaban J connectivity index is 2.12. The zero-order valence-electron chi connectivity index (χ0n) is 7.58. The molecule has 0 amide bonds. The van der Waals surface area contributed by atoms with Gasteiger partial charge in [-0.1, -0.05) is 30.3 Å². The Kier molecular flexibility index (Phi) is 3.29. The van der Waals surface area contributed by atoms with Crippen LogP contribution in [-0.4, -0.2) is 17.5 Å². The predicted octanol–water partition coefficient (Wildman–Crippen LogP) is 2.05. The second-order valence-electron chi connectivity index (χ2n) is 3.33. The molecular formula is C10H12Cl2N2. The van der Waals surface area contributed by atoms with Gasteiger partial charge in [-0.25, -0.2) is 0 Å². The number of halogens is 2. The molecule has 3 unspecified atom stereocenters. The molecule has 0 aliphatic carbocycles. The summed E-state index contributed by atoms with van der Waals surface area (Å²) in [7, 11) is 0. The Hall–Kier alpha value is -0.280. The fourth-order valence-corrected chi connectivity index (χ4v) is 2.28. The van der Waals surface area contributed by atoms with Crippen molar-refractivity contribution in [3.05, 3.63) is 35.9 Å². The molecule has 2 rings (SSSR count). The fourth-order valence-electron chi connectivity index (χ4n) is 1.61. The number of alkyl halides is 2. The second-order valence-corrected chi connectivity index (χ2v) is 4.33. The molecule has 1 saturated heterocycles. The first-order chi connectivity index (χ1) is 6.77. The summed E-state index contributed by atoms with van der Waals surface area (Å²) in [6, 6.07) is 10.3. The molecule has 1 aliphatic heterocycles. The molecule has 3 atom stereocenters. The standard InChI is InChI=1S/C10H12Cl2N2/c11-8-6-13-9(10(12)14-8)7-4-2-1-3-5-7/h1-5,8-10,13-14H,6H2. The van der Waals surface area contributed by atoms with E-state index in [1.807, 2.05) is 18.2 Å². The Morgan fingerprint density at radius 3 is 2.50 bits per heavy atom. The minimum atomic E-state index is -0.159. The number of hydrogen-bond donors (Lipinski definition) is 2. The van der Waals surface area contributed by atoms with Crippen molar-refractivity contribution in [1.29, 1.82) is 0 Å². The summed E-state index contributed by atoms with van der Waals surface area (Å²) < 4.78 is 0. The zero-order valence-corrected chi connectivity index (χ0v) is 9.09. The average molecular weight is 231 g/mol. The maximum atomic E-state index is 6.15. The summed E-state index contributed by atoms with van der Waals surface area (Å²) in [6.07, 6.45) is 0. The van der Waals surface area contributed by atoms with Gasteiger partial charge in [0.25, 0.3) is 0 Å². The first-order valence-electron chi connectivity index (χ1n) is 4.60. The van der Waals surface area contributed by atoms with Crippen molar-refractivity contribution < 1.29 is 0 Å². The van der Waals surface area contributed by atoms with Gasteiger partial charge in [0.2, 0.25) is 0 Å². The average Bonchev–Trinajstić information content (AvgIpc) is 2.19. The summed E-state index contributed by atoms with van der Waals surface area (Å²) in [5, 5.41) is 6.40. The van der Waals surface area contributed by atoms with Gasteiger partial charge in [0.05, 0.1) is 11.5 Å². The van der Waals surface area contributed by atoms with Gasteiger partial charge in [-0.05, 0) is 5.56 Å². The highest BCUT2D eigenvalue weighted by molar-refractivity contribution is 6.23. The Labute approximate surface area is 93.6 Å².